The van der Waals surface area contributed by atoms with E-state index in [4.69, 9.17) is 0 Å². The van der Waals surface area contributed by atoms with Gasteiger partial charge in [-0.05, 0) is 46.6 Å². The summed E-state index contributed by atoms with van der Waals surface area (Å²) < 4.78 is 1.11. The summed E-state index contributed by atoms with van der Waals surface area (Å²) in [5, 5.41) is 11.6. The van der Waals surface area contributed by atoms with E-state index in [0.717, 1.165) is 22.4 Å². The number of rotatable bonds is 4. The molecule has 0 radical (unpaired) electrons. The summed E-state index contributed by atoms with van der Waals surface area (Å²) in [6.07, 6.45) is 1.27. The average molecular weight is 327 g/mol. The number of nitrogens with zero attached hydrogens (tertiary/aromatic N) is 2. The molecule has 0 saturated heterocycles. The summed E-state index contributed by atoms with van der Waals surface area (Å²) >= 11 is 5.17. The van der Waals surface area contributed by atoms with Crippen LogP contribution >= 0.6 is 27.3 Å². The van der Waals surface area contributed by atoms with Crippen molar-refractivity contribution in [2.45, 2.75) is 19.6 Å². The summed E-state index contributed by atoms with van der Waals surface area (Å²) in [4.78, 5) is 7.68. The van der Waals surface area contributed by atoms with Crippen LogP contribution in [0.3, 0.4) is 0 Å². The molecule has 2 aromatic rings. The third-order valence-corrected chi connectivity index (χ3v) is 4.34. The van der Waals surface area contributed by atoms with Crippen molar-refractivity contribution in [3.63, 3.8) is 0 Å². The Hall–Kier alpha value is -0.910. The molecule has 0 amide bonds. The third-order valence-electron chi connectivity index (χ3n) is 2.66. The first kappa shape index (κ1) is 13.5. The summed E-state index contributed by atoms with van der Waals surface area (Å²) in [7, 11) is 2.00. The zero-order chi connectivity index (χ0) is 13.1. The van der Waals surface area contributed by atoms with Crippen LogP contribution in [0.25, 0.3) is 0 Å². The quantitative estimate of drug-likeness (QED) is 0.932. The first-order chi connectivity index (χ1) is 8.56. The van der Waals surface area contributed by atoms with Gasteiger partial charge in [-0.25, -0.2) is 4.98 Å². The first-order valence-electron chi connectivity index (χ1n) is 5.64. The second-order valence-electron chi connectivity index (χ2n) is 4.21. The van der Waals surface area contributed by atoms with Gasteiger partial charge in [-0.2, -0.15) is 0 Å². The number of aliphatic hydroxyl groups is 1. The molecule has 0 fully saturated rings. The Bertz CT molecular complexity index is 527. The van der Waals surface area contributed by atoms with E-state index in [0.29, 0.717) is 0 Å². The Labute approximate surface area is 119 Å². The van der Waals surface area contributed by atoms with Gasteiger partial charge >= 0.3 is 0 Å². The monoisotopic (exact) mass is 326 g/mol. The Morgan fingerprint density at radius 3 is 2.89 bits per heavy atom. The molecule has 0 saturated carbocycles. The largest absolute Gasteiger partial charge is 0.389 e. The van der Waals surface area contributed by atoms with Crippen LogP contribution in [0.1, 0.15) is 23.5 Å². The van der Waals surface area contributed by atoms with Gasteiger partial charge in [0.25, 0.3) is 0 Å². The van der Waals surface area contributed by atoms with E-state index in [1.54, 1.807) is 24.5 Å². The number of hydrogen-bond acceptors (Lipinski definition) is 4. The number of aliphatic hydroxyl groups excluding tert-OH is 1. The Balaban J connectivity index is 2.13. The predicted molar refractivity (Wildman–Crippen MR) is 79.0 cm³/mol. The van der Waals surface area contributed by atoms with Gasteiger partial charge in [0.15, 0.2) is 0 Å². The highest BCUT2D eigenvalue weighted by molar-refractivity contribution is 9.10. The maximum atomic E-state index is 9.57. The normalized spacial score (nSPS) is 12.4. The highest BCUT2D eigenvalue weighted by atomic mass is 79.9. The van der Waals surface area contributed by atoms with Gasteiger partial charge in [0, 0.05) is 28.0 Å². The number of anilines is 1. The summed E-state index contributed by atoms with van der Waals surface area (Å²) in [5.41, 5.74) is 0.888. The molecule has 0 aromatic carbocycles. The molecular formula is C13H15BrN2OS. The van der Waals surface area contributed by atoms with Crippen molar-refractivity contribution >= 4 is 33.1 Å². The molecule has 2 heterocycles. The van der Waals surface area contributed by atoms with Crippen molar-refractivity contribution < 1.29 is 5.11 Å². The van der Waals surface area contributed by atoms with E-state index in [-0.39, 0.29) is 0 Å². The van der Waals surface area contributed by atoms with E-state index < -0.39 is 6.10 Å². The van der Waals surface area contributed by atoms with E-state index in [1.165, 1.54) is 4.88 Å². The van der Waals surface area contributed by atoms with Crippen LogP contribution in [0, 0.1) is 0 Å². The highest BCUT2D eigenvalue weighted by Crippen LogP contribution is 2.23. The number of aromatic nitrogens is 1. The van der Waals surface area contributed by atoms with Gasteiger partial charge in [-0.15, -0.1) is 11.3 Å². The van der Waals surface area contributed by atoms with E-state index >= 15 is 0 Å². The van der Waals surface area contributed by atoms with Gasteiger partial charge in [0.05, 0.1) is 12.6 Å². The first-order valence-corrected chi connectivity index (χ1v) is 7.31. The number of halogens is 1. The van der Waals surface area contributed by atoms with Crippen LogP contribution in [0.15, 0.2) is 34.2 Å². The van der Waals surface area contributed by atoms with Crippen LogP contribution in [0.5, 0.6) is 0 Å². The second kappa shape index (κ2) is 5.82. The smallest absolute Gasteiger partial charge is 0.128 e. The molecule has 1 N–H and O–H groups in total. The number of thiophene rings is 1. The van der Waals surface area contributed by atoms with Crippen molar-refractivity contribution in [2.75, 3.05) is 11.9 Å². The maximum Gasteiger partial charge on any atom is 0.128 e. The third kappa shape index (κ3) is 3.31. The molecule has 0 unspecified atom stereocenters. The minimum atomic E-state index is -0.462. The summed E-state index contributed by atoms with van der Waals surface area (Å²) in [5.74, 6) is 0.873. The topological polar surface area (TPSA) is 36.4 Å². The van der Waals surface area contributed by atoms with E-state index in [9.17, 15) is 5.11 Å². The molecule has 5 heteroatoms. The molecule has 0 bridgehead atoms. The molecule has 96 valence electrons. The number of hydrogen-bond donors (Lipinski definition) is 1. The lowest BCUT2D eigenvalue weighted by Crippen LogP contribution is -2.17. The molecule has 2 rings (SSSR count). The maximum absolute atomic E-state index is 9.57. The highest BCUT2D eigenvalue weighted by Gasteiger charge is 2.08. The van der Waals surface area contributed by atoms with Crippen molar-refractivity contribution in [3.05, 3.63) is 44.7 Å². The van der Waals surface area contributed by atoms with Crippen molar-refractivity contribution in [1.29, 1.82) is 0 Å². The minimum absolute atomic E-state index is 0.462. The van der Waals surface area contributed by atoms with Crippen LogP contribution in [-0.4, -0.2) is 17.1 Å². The zero-order valence-electron chi connectivity index (χ0n) is 10.3. The predicted octanol–water partition coefficient (Wildman–Crippen LogP) is 3.60. The lowest BCUT2D eigenvalue weighted by molar-refractivity contribution is 0.199. The van der Waals surface area contributed by atoms with Crippen molar-refractivity contribution in [3.8, 4) is 0 Å². The van der Waals surface area contributed by atoms with Crippen LogP contribution in [0.2, 0.25) is 0 Å². The molecule has 0 aliphatic heterocycles. The van der Waals surface area contributed by atoms with E-state index in [2.05, 4.69) is 37.3 Å². The van der Waals surface area contributed by atoms with Gasteiger partial charge < -0.3 is 10.0 Å². The fraction of sp³-hybridized carbons (Fsp3) is 0.308. The standard InChI is InChI=1S/C13H15BrN2OS/c1-9(17)10-3-4-15-13(5-10)16(2)7-12-6-11(14)8-18-12/h3-6,8-9,17H,7H2,1-2H3/t9-/m1/s1. The molecule has 1 atom stereocenters. The lowest BCUT2D eigenvalue weighted by Gasteiger charge is -2.18. The van der Waals surface area contributed by atoms with Gasteiger partial charge in [0.1, 0.15) is 5.82 Å². The fourth-order valence-electron chi connectivity index (χ4n) is 1.65. The van der Waals surface area contributed by atoms with Crippen molar-refractivity contribution in [2.24, 2.45) is 0 Å². The second-order valence-corrected chi connectivity index (χ2v) is 6.12. The van der Waals surface area contributed by atoms with Crippen LogP contribution in [0.4, 0.5) is 5.82 Å². The van der Waals surface area contributed by atoms with Gasteiger partial charge in [0.2, 0.25) is 0 Å². The molecule has 3 nitrogen and oxygen atoms in total. The average Bonchev–Trinajstić information content (AvgIpc) is 2.75. The number of pyridine rings is 1. The summed E-state index contributed by atoms with van der Waals surface area (Å²) in [6, 6.07) is 5.87. The van der Waals surface area contributed by atoms with Crippen LogP contribution < -0.4 is 4.90 Å². The van der Waals surface area contributed by atoms with Gasteiger partial charge in [-0.1, -0.05) is 0 Å². The molecule has 0 aliphatic carbocycles. The van der Waals surface area contributed by atoms with Crippen molar-refractivity contribution in [1.82, 2.24) is 4.98 Å². The molecule has 2 aromatic heterocycles. The molecule has 0 spiro atoms. The zero-order valence-corrected chi connectivity index (χ0v) is 12.7. The molecule has 0 aliphatic rings. The van der Waals surface area contributed by atoms with Crippen LogP contribution in [-0.2, 0) is 6.54 Å². The van der Waals surface area contributed by atoms with E-state index in [1.807, 2.05) is 19.2 Å². The Morgan fingerprint density at radius 1 is 1.50 bits per heavy atom. The summed E-state index contributed by atoms with van der Waals surface area (Å²) in [6.45, 7) is 2.57. The van der Waals surface area contributed by atoms with Gasteiger partial charge in [-0.3, -0.25) is 0 Å². The lowest BCUT2D eigenvalue weighted by atomic mass is 10.2. The molecule has 18 heavy (non-hydrogen) atoms. The minimum Gasteiger partial charge on any atom is -0.389 e. The fourth-order valence-corrected chi connectivity index (χ4v) is 3.16. The SMILES string of the molecule is C[C@@H](O)c1ccnc(N(C)Cc2cc(Br)cs2)c1. The Kier molecular flexibility index (Phi) is 4.37. The Morgan fingerprint density at radius 2 is 2.28 bits per heavy atom. The molecular weight excluding hydrogens is 312 g/mol.